The molecule has 0 aromatic heterocycles. The number of benzene rings is 2. The van der Waals surface area contributed by atoms with Gasteiger partial charge in [0, 0.05) is 6.07 Å². The van der Waals surface area contributed by atoms with E-state index in [9.17, 15) is 15.2 Å². The zero-order chi connectivity index (χ0) is 19.5. The number of nitro benzene ring substituents is 1. The molecule has 0 bridgehead atoms. The lowest BCUT2D eigenvalue weighted by Gasteiger charge is -2.23. The van der Waals surface area contributed by atoms with Crippen molar-refractivity contribution in [2.24, 2.45) is 10.2 Å². The summed E-state index contributed by atoms with van der Waals surface area (Å²) in [7, 11) is 0. The molecule has 2 aromatic rings. The van der Waals surface area contributed by atoms with Crippen molar-refractivity contribution in [1.29, 1.82) is 0 Å². The average Bonchev–Trinajstić information content (AvgIpc) is 2.59. The summed E-state index contributed by atoms with van der Waals surface area (Å²) in [5.74, 6) is 0.243. The van der Waals surface area contributed by atoms with Crippen molar-refractivity contribution < 1.29 is 10.0 Å². The number of aromatic hydroxyl groups is 1. The molecule has 0 heterocycles. The number of phenols is 1. The van der Waals surface area contributed by atoms with Crippen molar-refractivity contribution in [2.75, 3.05) is 0 Å². The second kappa shape index (κ2) is 7.64. The molecule has 0 amide bonds. The van der Waals surface area contributed by atoms with Crippen LogP contribution in [0.15, 0.2) is 46.6 Å². The largest absolute Gasteiger partial charge is 0.505 e. The highest BCUT2D eigenvalue weighted by Crippen LogP contribution is 2.41. The molecular weight excluding hydrogens is 330 g/mol. The first-order valence-corrected chi connectivity index (χ1v) is 8.67. The fourth-order valence-electron chi connectivity index (χ4n) is 2.56. The van der Waals surface area contributed by atoms with Crippen molar-refractivity contribution in [3.8, 4) is 5.75 Å². The lowest BCUT2D eigenvalue weighted by Crippen LogP contribution is -2.12. The number of hydrogen-bond acceptors (Lipinski definition) is 5. The summed E-state index contributed by atoms with van der Waals surface area (Å²) < 4.78 is 0. The third-order valence-corrected chi connectivity index (χ3v) is 4.47. The van der Waals surface area contributed by atoms with Gasteiger partial charge in [-0.25, -0.2) is 0 Å². The highest BCUT2D eigenvalue weighted by atomic mass is 16.6. The normalized spacial score (nSPS) is 13.1. The van der Waals surface area contributed by atoms with Crippen molar-refractivity contribution in [3.63, 3.8) is 0 Å². The highest BCUT2D eigenvalue weighted by molar-refractivity contribution is 5.61. The Morgan fingerprint density at radius 1 is 1.15 bits per heavy atom. The molecule has 1 atom stereocenters. The zero-order valence-corrected chi connectivity index (χ0v) is 15.9. The van der Waals surface area contributed by atoms with E-state index >= 15 is 0 Å². The molecule has 6 heteroatoms. The molecule has 2 rings (SSSR count). The van der Waals surface area contributed by atoms with E-state index in [1.807, 2.05) is 13.0 Å². The topological polar surface area (TPSA) is 88.1 Å². The van der Waals surface area contributed by atoms with Crippen LogP contribution in [0.25, 0.3) is 0 Å². The van der Waals surface area contributed by atoms with Crippen LogP contribution in [-0.2, 0) is 5.41 Å². The van der Waals surface area contributed by atoms with Crippen LogP contribution < -0.4 is 0 Å². The minimum Gasteiger partial charge on any atom is -0.505 e. The van der Waals surface area contributed by atoms with Crippen molar-refractivity contribution in [3.05, 3.63) is 57.6 Å². The maximum absolute atomic E-state index is 11.1. The van der Waals surface area contributed by atoms with E-state index < -0.39 is 4.92 Å². The predicted molar refractivity (Wildman–Crippen MR) is 103 cm³/mol. The molecule has 2 aromatic carbocycles. The molecule has 0 saturated carbocycles. The van der Waals surface area contributed by atoms with Gasteiger partial charge in [0.25, 0.3) is 5.69 Å². The minimum absolute atomic E-state index is 0.0784. The maximum atomic E-state index is 11.1. The van der Waals surface area contributed by atoms with E-state index in [1.165, 1.54) is 12.1 Å². The number of nitrogens with zero attached hydrogens (tertiary/aromatic N) is 3. The summed E-state index contributed by atoms with van der Waals surface area (Å²) in [5, 5.41) is 29.9. The number of para-hydroxylation sites is 1. The molecule has 1 unspecified atom stereocenters. The number of phenolic OH excluding ortho intramolecular Hbond substituents is 1. The molecule has 0 spiro atoms. The Balaban J connectivity index is 2.57. The Morgan fingerprint density at radius 2 is 1.77 bits per heavy atom. The molecule has 0 radical (unpaired) electrons. The fraction of sp³-hybridized carbons (Fsp3) is 0.400. The first kappa shape index (κ1) is 19.6. The van der Waals surface area contributed by atoms with Gasteiger partial charge in [-0.15, -0.1) is 10.2 Å². The molecule has 0 aliphatic rings. The second-order valence-electron chi connectivity index (χ2n) is 7.44. The molecule has 6 nitrogen and oxygen atoms in total. The predicted octanol–water partition coefficient (Wildman–Crippen LogP) is 6.53. The van der Waals surface area contributed by atoms with Gasteiger partial charge in [-0.3, -0.25) is 10.1 Å². The van der Waals surface area contributed by atoms with Gasteiger partial charge < -0.3 is 5.11 Å². The summed E-state index contributed by atoms with van der Waals surface area (Å²) >= 11 is 0. The smallest absolute Gasteiger partial charge is 0.296 e. The molecule has 26 heavy (non-hydrogen) atoms. The Morgan fingerprint density at radius 3 is 2.35 bits per heavy atom. The Kier molecular flexibility index (Phi) is 5.75. The summed E-state index contributed by atoms with van der Waals surface area (Å²) in [6, 6.07) is 9.95. The van der Waals surface area contributed by atoms with Crippen LogP contribution in [-0.4, -0.2) is 10.0 Å². The van der Waals surface area contributed by atoms with Gasteiger partial charge in [0.15, 0.2) is 5.69 Å². The van der Waals surface area contributed by atoms with Gasteiger partial charge in [-0.2, -0.15) is 0 Å². The van der Waals surface area contributed by atoms with Crippen LogP contribution in [0.5, 0.6) is 5.75 Å². The van der Waals surface area contributed by atoms with E-state index in [-0.39, 0.29) is 28.5 Å². The van der Waals surface area contributed by atoms with Crippen molar-refractivity contribution >= 4 is 17.1 Å². The number of nitro groups is 1. The Labute approximate surface area is 153 Å². The second-order valence-corrected chi connectivity index (χ2v) is 7.44. The molecule has 0 saturated heterocycles. The molecule has 0 fully saturated rings. The lowest BCUT2D eigenvalue weighted by atomic mass is 9.83. The SMILES string of the molecule is CCC(C)c1cc(C(C)(C)C)cc(N=Nc2ccccc2[N+](=O)[O-])c1O. The highest BCUT2D eigenvalue weighted by Gasteiger charge is 2.21. The van der Waals surface area contributed by atoms with E-state index in [4.69, 9.17) is 0 Å². The Hall–Kier alpha value is -2.76. The zero-order valence-electron chi connectivity index (χ0n) is 15.9. The van der Waals surface area contributed by atoms with Gasteiger partial charge in [0.2, 0.25) is 0 Å². The summed E-state index contributed by atoms with van der Waals surface area (Å²) in [6.45, 7) is 10.4. The number of rotatable bonds is 5. The van der Waals surface area contributed by atoms with Gasteiger partial charge in [0.1, 0.15) is 11.4 Å². The van der Waals surface area contributed by atoms with E-state index in [1.54, 1.807) is 18.2 Å². The number of hydrogen-bond donors (Lipinski definition) is 1. The summed E-state index contributed by atoms with van der Waals surface area (Å²) in [4.78, 5) is 10.6. The van der Waals surface area contributed by atoms with E-state index in [0.717, 1.165) is 17.5 Å². The maximum Gasteiger partial charge on any atom is 0.296 e. The standard InChI is InChI=1S/C20H25N3O3/c1-6-13(2)15-11-14(20(3,4)5)12-17(19(15)24)22-21-16-9-7-8-10-18(16)23(25)26/h7-13,24H,6H2,1-5H3. The van der Waals surface area contributed by atoms with Crippen LogP contribution in [0, 0.1) is 10.1 Å². The third-order valence-electron chi connectivity index (χ3n) is 4.47. The van der Waals surface area contributed by atoms with Crippen LogP contribution in [0.3, 0.4) is 0 Å². The van der Waals surface area contributed by atoms with Crippen molar-refractivity contribution in [1.82, 2.24) is 0 Å². The first-order valence-electron chi connectivity index (χ1n) is 8.67. The molecule has 138 valence electrons. The number of azo groups is 1. The average molecular weight is 355 g/mol. The monoisotopic (exact) mass is 355 g/mol. The van der Waals surface area contributed by atoms with Gasteiger partial charge in [-0.05, 0) is 41.0 Å². The van der Waals surface area contributed by atoms with Crippen LogP contribution in [0.2, 0.25) is 0 Å². The quantitative estimate of drug-likeness (QED) is 0.376. The molecular formula is C20H25N3O3. The molecule has 0 aliphatic carbocycles. The molecule has 0 aliphatic heterocycles. The fourth-order valence-corrected chi connectivity index (χ4v) is 2.56. The van der Waals surface area contributed by atoms with Gasteiger partial charge >= 0.3 is 0 Å². The summed E-state index contributed by atoms with van der Waals surface area (Å²) in [6.07, 6.45) is 0.877. The van der Waals surface area contributed by atoms with Crippen molar-refractivity contribution in [2.45, 2.75) is 52.4 Å². The summed E-state index contributed by atoms with van der Waals surface area (Å²) in [5.41, 5.74) is 2.08. The minimum atomic E-state index is -0.496. The van der Waals surface area contributed by atoms with E-state index in [0.29, 0.717) is 5.69 Å². The van der Waals surface area contributed by atoms with Crippen LogP contribution in [0.4, 0.5) is 17.1 Å². The van der Waals surface area contributed by atoms with Gasteiger partial charge in [-0.1, -0.05) is 52.8 Å². The lowest BCUT2D eigenvalue weighted by molar-refractivity contribution is -0.384. The van der Waals surface area contributed by atoms with Crippen LogP contribution in [0.1, 0.15) is 58.1 Å². The van der Waals surface area contributed by atoms with Gasteiger partial charge in [0.05, 0.1) is 4.92 Å². The van der Waals surface area contributed by atoms with E-state index in [2.05, 4.69) is 37.9 Å². The first-order chi connectivity index (χ1) is 12.1. The third kappa shape index (κ3) is 4.25. The molecule has 1 N–H and O–H groups in total. The Bertz CT molecular complexity index is 839. The van der Waals surface area contributed by atoms with Crippen LogP contribution >= 0.6 is 0 Å².